The van der Waals surface area contributed by atoms with E-state index in [9.17, 15) is 4.79 Å². The van der Waals surface area contributed by atoms with Crippen molar-refractivity contribution in [1.29, 1.82) is 0 Å². The molecule has 0 saturated carbocycles. The molecule has 0 radical (unpaired) electrons. The van der Waals surface area contributed by atoms with Crippen molar-refractivity contribution >= 4 is 42.2 Å². The van der Waals surface area contributed by atoms with Gasteiger partial charge in [-0.3, -0.25) is 4.79 Å². The molecule has 0 saturated heterocycles. The summed E-state index contributed by atoms with van der Waals surface area (Å²) in [7, 11) is 0. The van der Waals surface area contributed by atoms with E-state index >= 15 is 0 Å². The van der Waals surface area contributed by atoms with Gasteiger partial charge in [-0.2, -0.15) is 12.6 Å². The zero-order valence-corrected chi connectivity index (χ0v) is 11.3. The molecule has 2 aromatic heterocycles. The quantitative estimate of drug-likeness (QED) is 0.518. The number of thiophene rings is 1. The van der Waals surface area contributed by atoms with Crippen LogP contribution in [0.5, 0.6) is 0 Å². The van der Waals surface area contributed by atoms with Crippen molar-refractivity contribution in [3.63, 3.8) is 0 Å². The van der Waals surface area contributed by atoms with E-state index in [0.29, 0.717) is 11.2 Å². The molecule has 7 heteroatoms. The minimum Gasteiger partial charge on any atom is -0.480 e. The van der Waals surface area contributed by atoms with Crippen molar-refractivity contribution in [1.82, 2.24) is 9.97 Å². The predicted molar refractivity (Wildman–Crippen MR) is 74.4 cm³/mol. The number of aromatic amines is 2. The number of carboxylic acids is 1. The highest BCUT2D eigenvalue weighted by atomic mass is 32.1. The molecule has 2 heterocycles. The summed E-state index contributed by atoms with van der Waals surface area (Å²) in [6.45, 7) is 0. The maximum atomic E-state index is 10.4. The highest BCUT2D eigenvalue weighted by molar-refractivity contribution is 7.81. The summed E-state index contributed by atoms with van der Waals surface area (Å²) in [5.74, 6) is -0.860. The van der Waals surface area contributed by atoms with Crippen LogP contribution in [0, 0.1) is 4.77 Å². The molecule has 4 nitrogen and oxygen atoms in total. The summed E-state index contributed by atoms with van der Waals surface area (Å²) in [4.78, 5) is 16.9. The van der Waals surface area contributed by atoms with Crippen LogP contribution in [-0.4, -0.2) is 26.3 Å². The number of H-pyrrole nitrogens is 2. The molecule has 0 bridgehead atoms. The van der Waals surface area contributed by atoms with Crippen LogP contribution >= 0.6 is 36.2 Å². The third-order valence-corrected chi connectivity index (χ3v) is 3.31. The van der Waals surface area contributed by atoms with Gasteiger partial charge in [0, 0.05) is 23.7 Å². The van der Waals surface area contributed by atoms with Crippen molar-refractivity contribution in [2.75, 3.05) is 0 Å². The highest BCUT2D eigenvalue weighted by Crippen LogP contribution is 2.13. The van der Waals surface area contributed by atoms with E-state index in [1.165, 1.54) is 0 Å². The van der Waals surface area contributed by atoms with Gasteiger partial charge in [0.15, 0.2) is 4.77 Å². The van der Waals surface area contributed by atoms with E-state index in [1.807, 2.05) is 17.5 Å². The number of aliphatic carboxylic acids is 1. The summed E-state index contributed by atoms with van der Waals surface area (Å²) in [6, 6.07) is 3.82. The minimum atomic E-state index is -0.860. The largest absolute Gasteiger partial charge is 0.480 e. The zero-order valence-electron chi connectivity index (χ0n) is 8.79. The molecular formula is C10H12N2O2S3. The second kappa shape index (κ2) is 7.31. The van der Waals surface area contributed by atoms with Crippen molar-refractivity contribution < 1.29 is 9.90 Å². The maximum absolute atomic E-state index is 10.4. The van der Waals surface area contributed by atoms with Crippen LogP contribution < -0.4 is 0 Å². The van der Waals surface area contributed by atoms with Crippen LogP contribution in [-0.2, 0) is 11.2 Å². The summed E-state index contributed by atoms with van der Waals surface area (Å²) in [5, 5.41) is 9.86. The molecule has 2 aromatic rings. The molecule has 0 spiro atoms. The Morgan fingerprint density at radius 2 is 2.18 bits per heavy atom. The zero-order chi connectivity index (χ0) is 12.7. The van der Waals surface area contributed by atoms with E-state index in [0.717, 1.165) is 4.88 Å². The number of carboxylic acid groups (broad SMARTS) is 1. The Labute approximate surface area is 113 Å². The van der Waals surface area contributed by atoms with E-state index < -0.39 is 11.2 Å². The summed E-state index contributed by atoms with van der Waals surface area (Å²) < 4.78 is 0.676. The second-order valence-electron chi connectivity index (χ2n) is 3.09. The van der Waals surface area contributed by atoms with E-state index in [-0.39, 0.29) is 0 Å². The number of carbonyl (C=O) groups is 1. The predicted octanol–water partition coefficient (Wildman–Crippen LogP) is 2.75. The summed E-state index contributed by atoms with van der Waals surface area (Å²) in [5.41, 5.74) is 0. The topological polar surface area (TPSA) is 68.9 Å². The lowest BCUT2D eigenvalue weighted by Gasteiger charge is -2.00. The third-order valence-electron chi connectivity index (χ3n) is 1.77. The molecule has 1 atom stereocenters. The molecule has 17 heavy (non-hydrogen) atoms. The first-order valence-corrected chi connectivity index (χ1v) is 6.55. The van der Waals surface area contributed by atoms with Gasteiger partial charge < -0.3 is 15.1 Å². The minimum absolute atomic E-state index is 0.510. The van der Waals surface area contributed by atoms with Crippen molar-refractivity contribution in [3.05, 3.63) is 39.6 Å². The second-order valence-corrected chi connectivity index (χ2v) is 5.15. The number of hydrogen-bond donors (Lipinski definition) is 4. The average molecular weight is 288 g/mol. The number of rotatable bonds is 3. The van der Waals surface area contributed by atoms with E-state index in [2.05, 4.69) is 34.8 Å². The highest BCUT2D eigenvalue weighted by Gasteiger charge is 2.12. The molecule has 0 aliphatic carbocycles. The number of imidazole rings is 1. The average Bonchev–Trinajstić information content (AvgIpc) is 2.92. The van der Waals surface area contributed by atoms with Gasteiger partial charge in [0.25, 0.3) is 0 Å². The van der Waals surface area contributed by atoms with Gasteiger partial charge in [-0.1, -0.05) is 6.07 Å². The Morgan fingerprint density at radius 1 is 1.53 bits per heavy atom. The Balaban J connectivity index is 0.000000202. The van der Waals surface area contributed by atoms with Gasteiger partial charge >= 0.3 is 5.97 Å². The van der Waals surface area contributed by atoms with Gasteiger partial charge in [0.05, 0.1) is 0 Å². The molecular weight excluding hydrogens is 276 g/mol. The van der Waals surface area contributed by atoms with Gasteiger partial charge in [-0.15, -0.1) is 11.3 Å². The summed E-state index contributed by atoms with van der Waals surface area (Å²) >= 11 is 10.1. The number of nitrogens with one attached hydrogen (secondary N) is 2. The van der Waals surface area contributed by atoms with Crippen LogP contribution in [0.2, 0.25) is 0 Å². The van der Waals surface area contributed by atoms with Crippen molar-refractivity contribution in [2.45, 2.75) is 11.7 Å². The van der Waals surface area contributed by atoms with Gasteiger partial charge in [0.1, 0.15) is 5.25 Å². The van der Waals surface area contributed by atoms with E-state index in [1.54, 1.807) is 23.7 Å². The molecule has 3 N–H and O–H groups in total. The smallest absolute Gasteiger partial charge is 0.316 e. The Kier molecular flexibility index (Phi) is 6.03. The lowest BCUT2D eigenvalue weighted by Crippen LogP contribution is -2.15. The fourth-order valence-corrected chi connectivity index (χ4v) is 2.19. The van der Waals surface area contributed by atoms with Crippen LogP contribution in [0.25, 0.3) is 0 Å². The van der Waals surface area contributed by atoms with Crippen LogP contribution in [0.15, 0.2) is 29.9 Å². The third kappa shape index (κ3) is 5.71. The molecule has 0 fully saturated rings. The molecule has 0 aliphatic heterocycles. The number of aromatic nitrogens is 2. The Hall–Kier alpha value is -1.05. The SMILES string of the molecule is O=C(O)C(S)Cc1cccs1.S=c1[nH]cc[nH]1. The molecule has 1 unspecified atom stereocenters. The molecule has 0 aromatic carbocycles. The lowest BCUT2D eigenvalue weighted by atomic mass is 10.2. The summed E-state index contributed by atoms with van der Waals surface area (Å²) in [6.07, 6.45) is 4.01. The van der Waals surface area contributed by atoms with Gasteiger partial charge in [-0.05, 0) is 23.7 Å². The fraction of sp³-hybridized carbons (Fsp3) is 0.200. The standard InChI is InChI=1S/C7H8O2S2.C3H4N2S/c8-7(9)6(10)4-5-2-1-3-11-5;6-3-4-1-2-5-3/h1-3,6,10H,4H2,(H,8,9);1-2H,(H2,4,5,6). The molecule has 0 amide bonds. The molecule has 92 valence electrons. The number of hydrogen-bond acceptors (Lipinski definition) is 4. The lowest BCUT2D eigenvalue weighted by molar-refractivity contribution is -0.136. The van der Waals surface area contributed by atoms with Gasteiger partial charge in [-0.25, -0.2) is 0 Å². The molecule has 0 aliphatic rings. The van der Waals surface area contributed by atoms with E-state index in [4.69, 9.17) is 5.11 Å². The first-order valence-electron chi connectivity index (χ1n) is 4.75. The Bertz CT molecular complexity index is 473. The van der Waals surface area contributed by atoms with Crippen molar-refractivity contribution in [2.24, 2.45) is 0 Å². The van der Waals surface area contributed by atoms with Crippen LogP contribution in [0.1, 0.15) is 4.88 Å². The monoisotopic (exact) mass is 288 g/mol. The van der Waals surface area contributed by atoms with Crippen molar-refractivity contribution in [3.8, 4) is 0 Å². The maximum Gasteiger partial charge on any atom is 0.316 e. The Morgan fingerprint density at radius 3 is 2.53 bits per heavy atom. The van der Waals surface area contributed by atoms with Crippen LogP contribution in [0.4, 0.5) is 0 Å². The molecule has 2 rings (SSSR count). The van der Waals surface area contributed by atoms with Gasteiger partial charge in [0.2, 0.25) is 0 Å². The first kappa shape index (κ1) is 14.0. The van der Waals surface area contributed by atoms with Crippen LogP contribution in [0.3, 0.4) is 0 Å². The first-order chi connectivity index (χ1) is 8.09. The number of thiol groups is 1. The normalized spacial score (nSPS) is 11.4. The fourth-order valence-electron chi connectivity index (χ4n) is 0.983.